The van der Waals surface area contributed by atoms with E-state index >= 15 is 0 Å². The molecule has 0 unspecified atom stereocenters. The molecule has 2 spiro atoms. The van der Waals surface area contributed by atoms with Gasteiger partial charge in [-0.1, -0.05) is 29.3 Å². The van der Waals surface area contributed by atoms with Crippen molar-refractivity contribution >= 4 is 40.6 Å². The smallest absolute Gasteiger partial charge is 0.237 e. The molecule has 1 aliphatic carbocycles. The van der Waals surface area contributed by atoms with Gasteiger partial charge in [-0.15, -0.1) is 0 Å². The van der Waals surface area contributed by atoms with Gasteiger partial charge in [0.15, 0.2) is 5.78 Å². The fourth-order valence-electron chi connectivity index (χ4n) is 7.86. The number of ether oxygens (including phenoxy) is 1. The highest BCUT2D eigenvalue weighted by Crippen LogP contribution is 2.68. The quantitative estimate of drug-likeness (QED) is 0.408. The third-order valence-electron chi connectivity index (χ3n) is 9.53. The molecule has 3 N–H and O–H groups in total. The number of nitrogens with one attached hydrogen (secondary N) is 2. The van der Waals surface area contributed by atoms with Crippen molar-refractivity contribution in [3.63, 3.8) is 0 Å². The minimum atomic E-state index is -1.35. The number of aromatic nitrogens is 1. The minimum absolute atomic E-state index is 0.0479. The number of anilines is 1. The van der Waals surface area contributed by atoms with Gasteiger partial charge in [-0.3, -0.25) is 23.7 Å². The first-order valence-corrected chi connectivity index (χ1v) is 14.3. The van der Waals surface area contributed by atoms with E-state index < -0.39 is 41.7 Å². The Morgan fingerprint density at radius 2 is 1.93 bits per heavy atom. The Morgan fingerprint density at radius 1 is 1.15 bits per heavy atom. The minimum Gasteiger partial charge on any atom is -0.394 e. The Labute approximate surface area is 241 Å². The number of ketones is 1. The summed E-state index contributed by atoms with van der Waals surface area (Å²) >= 11 is 12.6. The Hall–Kier alpha value is -2.17. The van der Waals surface area contributed by atoms with Crippen molar-refractivity contribution in [2.45, 2.75) is 61.1 Å². The molecule has 1 saturated carbocycles. The Bertz CT molecular complexity index is 1330. The van der Waals surface area contributed by atoms with Crippen molar-refractivity contribution in [3.8, 4) is 0 Å². The molecule has 7 nitrogen and oxygen atoms in total. The van der Waals surface area contributed by atoms with Crippen molar-refractivity contribution < 1.29 is 28.2 Å². The lowest BCUT2D eigenvalue weighted by Crippen LogP contribution is -2.70. The SMILES string of the molecule is O=C(C[C@@H]1CC[C@@H](CO)OC1)[C@@H]1NC2(CC(CF)(CF)C2)[C@@]2(C(=O)Nc3cc(Cl)ccc32)[C@H]1c1ccnc(Cl)c1. The number of nitrogens with zero attached hydrogens (tertiary/aromatic N) is 1. The van der Waals surface area contributed by atoms with Crippen molar-refractivity contribution in [1.82, 2.24) is 10.3 Å². The zero-order valence-corrected chi connectivity index (χ0v) is 23.3. The molecule has 0 bridgehead atoms. The standard InChI is InChI=1S/C29H31Cl2F2N3O4/c30-18-2-4-20-21(9-18)35-26(39)29(20)24(17-5-6-34-23(31)8-17)25(36-28(29)12-27(13-28,14-32)15-33)22(38)7-16-1-3-19(10-37)40-11-16/h2,4-6,8-9,16,19,24-25,36-37H,1,3,7,10-15H2,(H,35,39)/t16-,19-,24-,25-,29+/m0/s1. The number of aliphatic hydroxyl groups is 1. The van der Waals surface area contributed by atoms with E-state index in [4.69, 9.17) is 27.9 Å². The fourth-order valence-corrected chi connectivity index (χ4v) is 8.22. The number of rotatable bonds is 7. The first-order chi connectivity index (χ1) is 19.2. The third-order valence-corrected chi connectivity index (χ3v) is 9.98. The molecule has 5 atom stereocenters. The van der Waals surface area contributed by atoms with Gasteiger partial charge in [0.25, 0.3) is 0 Å². The van der Waals surface area contributed by atoms with Gasteiger partial charge in [0.1, 0.15) is 10.6 Å². The summed E-state index contributed by atoms with van der Waals surface area (Å²) in [4.78, 5) is 32.5. The van der Waals surface area contributed by atoms with E-state index in [0.29, 0.717) is 34.9 Å². The Morgan fingerprint density at radius 3 is 2.58 bits per heavy atom. The van der Waals surface area contributed by atoms with Crippen LogP contribution in [0.5, 0.6) is 0 Å². The van der Waals surface area contributed by atoms with Crippen LogP contribution in [-0.4, -0.2) is 66.0 Å². The van der Waals surface area contributed by atoms with Crippen molar-refractivity contribution in [3.05, 3.63) is 57.8 Å². The highest BCUT2D eigenvalue weighted by molar-refractivity contribution is 6.31. The summed E-state index contributed by atoms with van der Waals surface area (Å²) in [5.74, 6) is -1.23. The molecule has 1 aromatic carbocycles. The van der Waals surface area contributed by atoms with Gasteiger partial charge in [-0.25, -0.2) is 4.98 Å². The highest BCUT2D eigenvalue weighted by atomic mass is 35.5. The number of fused-ring (bicyclic) bond motifs is 3. The normalized spacial score (nSPS) is 31.7. The molecule has 2 saturated heterocycles. The maximum Gasteiger partial charge on any atom is 0.237 e. The Kier molecular flexibility index (Phi) is 7.19. The number of alkyl halides is 2. The summed E-state index contributed by atoms with van der Waals surface area (Å²) < 4.78 is 34.2. The molecule has 0 radical (unpaired) electrons. The molecule has 40 heavy (non-hydrogen) atoms. The maximum absolute atomic E-state index is 14.3. The van der Waals surface area contributed by atoms with Crippen LogP contribution in [-0.2, 0) is 19.7 Å². The molecular formula is C29H31Cl2F2N3O4. The van der Waals surface area contributed by atoms with Gasteiger partial charge in [0, 0.05) is 40.2 Å². The molecule has 11 heteroatoms. The van der Waals surface area contributed by atoms with E-state index in [-0.39, 0.29) is 54.7 Å². The molecule has 1 amide bonds. The predicted molar refractivity (Wildman–Crippen MR) is 146 cm³/mol. The zero-order valence-electron chi connectivity index (χ0n) is 21.8. The van der Waals surface area contributed by atoms with E-state index in [2.05, 4.69) is 15.6 Å². The number of pyridine rings is 1. The molecule has 3 aliphatic heterocycles. The average Bonchev–Trinajstić information content (AvgIpc) is 3.40. The van der Waals surface area contributed by atoms with E-state index in [1.165, 1.54) is 6.20 Å². The Balaban J connectivity index is 1.48. The molecule has 4 aliphatic rings. The van der Waals surface area contributed by atoms with E-state index in [0.717, 1.165) is 6.42 Å². The molecule has 214 valence electrons. The van der Waals surface area contributed by atoms with Crippen LogP contribution in [0, 0.1) is 11.3 Å². The lowest BCUT2D eigenvalue weighted by Gasteiger charge is -2.59. The van der Waals surface area contributed by atoms with E-state index in [1.54, 1.807) is 30.3 Å². The summed E-state index contributed by atoms with van der Waals surface area (Å²) in [5, 5.41) is 16.5. The second kappa shape index (κ2) is 10.3. The van der Waals surface area contributed by atoms with Crippen LogP contribution >= 0.6 is 23.2 Å². The lowest BCUT2D eigenvalue weighted by molar-refractivity contribution is -0.131. The second-order valence-corrected chi connectivity index (χ2v) is 12.7. The van der Waals surface area contributed by atoms with Crippen molar-refractivity contribution in [2.24, 2.45) is 11.3 Å². The van der Waals surface area contributed by atoms with Gasteiger partial charge in [0.05, 0.1) is 38.7 Å². The predicted octanol–water partition coefficient (Wildman–Crippen LogP) is 4.54. The zero-order chi connectivity index (χ0) is 28.3. The van der Waals surface area contributed by atoms with E-state index in [1.807, 2.05) is 0 Å². The van der Waals surface area contributed by atoms with Crippen molar-refractivity contribution in [2.75, 3.05) is 31.9 Å². The summed E-state index contributed by atoms with van der Waals surface area (Å²) in [5.41, 5.74) is -1.87. The van der Waals surface area contributed by atoms with Crippen LogP contribution in [0.25, 0.3) is 0 Å². The van der Waals surface area contributed by atoms with Crippen LogP contribution in [0.15, 0.2) is 36.5 Å². The summed E-state index contributed by atoms with van der Waals surface area (Å²) in [7, 11) is 0. The lowest BCUT2D eigenvalue weighted by atomic mass is 9.46. The fraction of sp³-hybridized carbons (Fsp3) is 0.552. The van der Waals surface area contributed by atoms with Gasteiger partial charge >= 0.3 is 0 Å². The first kappa shape index (κ1) is 28.0. The maximum atomic E-state index is 14.3. The molecule has 4 heterocycles. The van der Waals surface area contributed by atoms with E-state index in [9.17, 15) is 23.5 Å². The third kappa shape index (κ3) is 4.11. The number of halogens is 4. The second-order valence-electron chi connectivity index (χ2n) is 11.9. The van der Waals surface area contributed by atoms with Gasteiger partial charge < -0.3 is 15.2 Å². The summed E-state index contributed by atoms with van der Waals surface area (Å²) in [6, 6.07) is 7.69. The highest BCUT2D eigenvalue weighted by Gasteiger charge is 2.77. The van der Waals surface area contributed by atoms with Gasteiger partial charge in [-0.2, -0.15) is 0 Å². The average molecular weight is 594 g/mol. The van der Waals surface area contributed by atoms with Crippen LogP contribution in [0.4, 0.5) is 14.5 Å². The number of carbonyl (C=O) groups is 2. The van der Waals surface area contributed by atoms with Gasteiger partial charge in [-0.05, 0) is 67.0 Å². The molecule has 2 aromatic rings. The number of aliphatic hydroxyl groups excluding tert-OH is 1. The number of hydrogen-bond acceptors (Lipinski definition) is 6. The van der Waals surface area contributed by atoms with Crippen LogP contribution in [0.1, 0.15) is 49.1 Å². The number of amides is 1. The molecule has 1 aromatic heterocycles. The van der Waals surface area contributed by atoms with Gasteiger partial charge in [0.2, 0.25) is 5.91 Å². The number of benzene rings is 1. The number of Topliss-reactive ketones (excluding diaryl/α,β-unsaturated/α-hetero) is 1. The molecule has 3 fully saturated rings. The number of hydrogen-bond donors (Lipinski definition) is 3. The topological polar surface area (TPSA) is 101 Å². The summed E-state index contributed by atoms with van der Waals surface area (Å²) in [6.07, 6.45) is 2.97. The van der Waals surface area contributed by atoms with Crippen molar-refractivity contribution in [1.29, 1.82) is 0 Å². The monoisotopic (exact) mass is 593 g/mol. The number of carbonyl (C=O) groups excluding carboxylic acids is 2. The largest absolute Gasteiger partial charge is 0.394 e. The van der Waals surface area contributed by atoms with Crippen LogP contribution in [0.3, 0.4) is 0 Å². The van der Waals surface area contributed by atoms with Crippen LogP contribution in [0.2, 0.25) is 10.2 Å². The molecular weight excluding hydrogens is 563 g/mol. The first-order valence-electron chi connectivity index (χ1n) is 13.6. The summed E-state index contributed by atoms with van der Waals surface area (Å²) in [6.45, 7) is -1.45. The van der Waals surface area contributed by atoms with Crippen LogP contribution < -0.4 is 10.6 Å². The molecule has 6 rings (SSSR count).